The maximum atomic E-state index is 13.8. The SMILES string of the molecule is CCCN(C(=O)[C@H](CC(C)(C)C)N(C)C(=O)O)[C@H]1CC[C@@H]2CN(S(=O)(=O)c3ccc(C(F)(F)F)cc3)C[C@@H]21. The van der Waals surface area contributed by atoms with Gasteiger partial charge >= 0.3 is 12.3 Å². The molecule has 2 fully saturated rings. The van der Waals surface area contributed by atoms with Gasteiger partial charge in [-0.15, -0.1) is 0 Å². The van der Waals surface area contributed by atoms with Crippen molar-refractivity contribution in [1.29, 1.82) is 0 Å². The highest BCUT2D eigenvalue weighted by atomic mass is 32.2. The third-order valence-corrected chi connectivity index (χ3v) is 9.46. The fraction of sp³-hybridized carbons (Fsp3) is 0.692. The third-order valence-electron chi connectivity index (χ3n) is 7.61. The minimum absolute atomic E-state index is 0.00893. The van der Waals surface area contributed by atoms with Crippen LogP contribution in [0.3, 0.4) is 0 Å². The quantitative estimate of drug-likeness (QED) is 0.494. The molecule has 0 spiro atoms. The van der Waals surface area contributed by atoms with Crippen LogP contribution in [0.1, 0.15) is 58.9 Å². The van der Waals surface area contributed by atoms with Gasteiger partial charge in [0.15, 0.2) is 0 Å². The predicted molar refractivity (Wildman–Crippen MR) is 136 cm³/mol. The summed E-state index contributed by atoms with van der Waals surface area (Å²) in [4.78, 5) is 28.2. The molecule has 1 saturated carbocycles. The molecule has 2 amide bonds. The van der Waals surface area contributed by atoms with E-state index in [1.165, 1.54) is 11.4 Å². The number of halogens is 3. The van der Waals surface area contributed by atoms with Gasteiger partial charge in [-0.1, -0.05) is 27.7 Å². The number of sulfonamides is 1. The lowest BCUT2D eigenvalue weighted by molar-refractivity contribution is -0.140. The standard InChI is InChI=1S/C26H38F3N3O5S/c1-6-13-32(23(33)22(14-25(2,3)4)30(5)24(34)35)21-12-7-17-15-31(16-20(17)21)38(36,37)19-10-8-18(9-11-19)26(27,28)29/h8-11,17,20-22H,6-7,12-16H2,1-5H3,(H,34,35)/t17-,20+,21+,22+/m1/s1. The molecule has 0 bridgehead atoms. The Labute approximate surface area is 222 Å². The molecule has 8 nitrogen and oxygen atoms in total. The van der Waals surface area contributed by atoms with Gasteiger partial charge in [-0.3, -0.25) is 9.69 Å². The number of benzene rings is 1. The second-order valence-corrected chi connectivity index (χ2v) is 13.6. The normalized spacial score (nSPS) is 23.2. The van der Waals surface area contributed by atoms with Crippen molar-refractivity contribution in [1.82, 2.24) is 14.1 Å². The molecule has 1 aromatic rings. The lowest BCUT2D eigenvalue weighted by Gasteiger charge is -2.39. The molecule has 4 atom stereocenters. The highest BCUT2D eigenvalue weighted by Gasteiger charge is 2.50. The van der Waals surface area contributed by atoms with Crippen LogP contribution in [0.15, 0.2) is 29.2 Å². The molecular formula is C26H38F3N3O5S. The van der Waals surface area contributed by atoms with Crippen molar-refractivity contribution in [2.24, 2.45) is 17.3 Å². The van der Waals surface area contributed by atoms with Gasteiger partial charge in [-0.2, -0.15) is 17.5 Å². The lowest BCUT2D eigenvalue weighted by atomic mass is 9.86. The van der Waals surface area contributed by atoms with E-state index in [2.05, 4.69) is 0 Å². The zero-order valence-corrected chi connectivity index (χ0v) is 23.3. The Hall–Kier alpha value is -2.34. The fourth-order valence-electron chi connectivity index (χ4n) is 5.72. The molecule has 1 aromatic carbocycles. The van der Waals surface area contributed by atoms with Crippen molar-refractivity contribution in [3.8, 4) is 0 Å². The minimum atomic E-state index is -4.56. The first-order chi connectivity index (χ1) is 17.5. The van der Waals surface area contributed by atoms with Gasteiger partial charge < -0.3 is 10.0 Å². The molecule has 1 aliphatic heterocycles. The predicted octanol–water partition coefficient (Wildman–Crippen LogP) is 4.76. The van der Waals surface area contributed by atoms with Crippen LogP contribution in [0.25, 0.3) is 0 Å². The van der Waals surface area contributed by atoms with Crippen molar-refractivity contribution in [2.45, 2.75) is 76.5 Å². The van der Waals surface area contributed by atoms with Crippen LogP contribution in [-0.4, -0.2) is 78.4 Å². The average Bonchev–Trinajstić information content (AvgIpc) is 3.41. The number of hydrogen-bond acceptors (Lipinski definition) is 4. The van der Waals surface area contributed by atoms with Crippen molar-refractivity contribution in [3.05, 3.63) is 29.8 Å². The molecule has 0 radical (unpaired) electrons. The molecular weight excluding hydrogens is 523 g/mol. The number of likely N-dealkylation sites (N-methyl/N-ethyl adjacent to an activating group) is 1. The number of hydrogen-bond donors (Lipinski definition) is 1. The summed E-state index contributed by atoms with van der Waals surface area (Å²) in [6, 6.07) is 2.38. The number of alkyl halides is 3. The zero-order valence-electron chi connectivity index (χ0n) is 22.5. The van der Waals surface area contributed by atoms with E-state index in [4.69, 9.17) is 0 Å². The van der Waals surface area contributed by atoms with Crippen molar-refractivity contribution >= 4 is 22.0 Å². The zero-order chi connectivity index (χ0) is 28.6. The summed E-state index contributed by atoms with van der Waals surface area (Å²) >= 11 is 0. The van der Waals surface area contributed by atoms with Crippen LogP contribution in [0.5, 0.6) is 0 Å². The van der Waals surface area contributed by atoms with Crippen LogP contribution in [0, 0.1) is 17.3 Å². The van der Waals surface area contributed by atoms with Gasteiger partial charge in [0.05, 0.1) is 10.5 Å². The summed E-state index contributed by atoms with van der Waals surface area (Å²) in [6.45, 7) is 8.58. The second kappa shape index (κ2) is 11.0. The van der Waals surface area contributed by atoms with Gasteiger partial charge in [0.1, 0.15) is 6.04 Å². The number of fused-ring (bicyclic) bond motifs is 1. The molecule has 3 rings (SSSR count). The third kappa shape index (κ3) is 6.44. The first kappa shape index (κ1) is 30.2. The summed E-state index contributed by atoms with van der Waals surface area (Å²) in [5.74, 6) is -0.406. The van der Waals surface area contributed by atoms with Gasteiger partial charge in [0.2, 0.25) is 15.9 Å². The number of carbonyl (C=O) groups is 2. The highest BCUT2D eigenvalue weighted by molar-refractivity contribution is 7.89. The van der Waals surface area contributed by atoms with E-state index in [1.54, 1.807) is 4.90 Å². The number of nitrogens with zero attached hydrogens (tertiary/aromatic N) is 3. The Morgan fingerprint density at radius 3 is 2.21 bits per heavy atom. The Kier molecular flexibility index (Phi) is 8.77. The highest BCUT2D eigenvalue weighted by Crippen LogP contribution is 2.43. The van der Waals surface area contributed by atoms with Gasteiger partial charge in [0.25, 0.3) is 0 Å². The molecule has 38 heavy (non-hydrogen) atoms. The Morgan fingerprint density at radius 2 is 1.71 bits per heavy atom. The second-order valence-electron chi connectivity index (χ2n) is 11.6. The topological polar surface area (TPSA) is 98.2 Å². The number of amides is 2. The smallest absolute Gasteiger partial charge is 0.416 e. The Morgan fingerprint density at radius 1 is 1.11 bits per heavy atom. The van der Waals surface area contributed by atoms with Gasteiger partial charge in [-0.25, -0.2) is 13.2 Å². The van der Waals surface area contributed by atoms with E-state index in [9.17, 15) is 36.3 Å². The molecule has 1 saturated heterocycles. The molecule has 1 aliphatic carbocycles. The first-order valence-electron chi connectivity index (χ1n) is 12.9. The van der Waals surface area contributed by atoms with E-state index in [0.717, 1.165) is 29.2 Å². The van der Waals surface area contributed by atoms with E-state index in [0.29, 0.717) is 32.2 Å². The average molecular weight is 562 g/mol. The first-order valence-corrected chi connectivity index (χ1v) is 14.3. The van der Waals surface area contributed by atoms with Crippen LogP contribution in [0.4, 0.5) is 18.0 Å². The largest absolute Gasteiger partial charge is 0.465 e. The van der Waals surface area contributed by atoms with Gasteiger partial charge in [0, 0.05) is 32.7 Å². The monoisotopic (exact) mass is 561 g/mol. The van der Waals surface area contributed by atoms with Gasteiger partial charge in [-0.05, 0) is 67.2 Å². The maximum absolute atomic E-state index is 13.8. The molecule has 0 aromatic heterocycles. The maximum Gasteiger partial charge on any atom is 0.416 e. The van der Waals surface area contributed by atoms with E-state index >= 15 is 0 Å². The van der Waals surface area contributed by atoms with Crippen LogP contribution < -0.4 is 0 Å². The summed E-state index contributed by atoms with van der Waals surface area (Å²) in [6.07, 6.45) is -3.36. The van der Waals surface area contributed by atoms with Crippen molar-refractivity contribution in [2.75, 3.05) is 26.7 Å². The van der Waals surface area contributed by atoms with E-state index in [-0.39, 0.29) is 47.2 Å². The number of carboxylic acid groups (broad SMARTS) is 1. The molecule has 12 heteroatoms. The molecule has 2 aliphatic rings. The summed E-state index contributed by atoms with van der Waals surface area (Å²) < 4.78 is 66.7. The molecule has 0 unspecified atom stereocenters. The summed E-state index contributed by atoms with van der Waals surface area (Å²) in [7, 11) is -2.62. The van der Waals surface area contributed by atoms with E-state index in [1.807, 2.05) is 27.7 Å². The van der Waals surface area contributed by atoms with Crippen LogP contribution in [0.2, 0.25) is 0 Å². The number of rotatable bonds is 8. The lowest BCUT2D eigenvalue weighted by Crippen LogP contribution is -2.54. The van der Waals surface area contributed by atoms with Crippen LogP contribution >= 0.6 is 0 Å². The molecule has 1 N–H and O–H groups in total. The fourth-order valence-corrected chi connectivity index (χ4v) is 7.25. The molecule has 214 valence electrons. The van der Waals surface area contributed by atoms with E-state index < -0.39 is 33.9 Å². The summed E-state index contributed by atoms with van der Waals surface area (Å²) in [5, 5.41) is 9.64. The Balaban J connectivity index is 1.84. The van der Waals surface area contributed by atoms with Crippen molar-refractivity contribution in [3.63, 3.8) is 0 Å². The molecule has 1 heterocycles. The van der Waals surface area contributed by atoms with Crippen LogP contribution in [-0.2, 0) is 21.0 Å². The van der Waals surface area contributed by atoms with Crippen molar-refractivity contribution < 1.29 is 36.3 Å². The summed E-state index contributed by atoms with van der Waals surface area (Å²) in [5.41, 5.74) is -1.22. The number of carbonyl (C=O) groups excluding carboxylic acids is 1. The Bertz CT molecular complexity index is 1120. The minimum Gasteiger partial charge on any atom is -0.465 e.